The zero-order chi connectivity index (χ0) is 16.6. The molecule has 1 saturated carbocycles. The van der Waals surface area contributed by atoms with Crippen molar-refractivity contribution in [2.75, 3.05) is 5.73 Å². The molecule has 1 heterocycles. The maximum atomic E-state index is 12.7. The van der Waals surface area contributed by atoms with E-state index in [0.29, 0.717) is 0 Å². The summed E-state index contributed by atoms with van der Waals surface area (Å²) in [4.78, 5) is 12.7. The minimum Gasteiger partial charge on any atom is -0.398 e. The highest BCUT2D eigenvalue weighted by Crippen LogP contribution is 2.33. The van der Waals surface area contributed by atoms with Crippen LogP contribution in [0.3, 0.4) is 0 Å². The van der Waals surface area contributed by atoms with Gasteiger partial charge in [0.1, 0.15) is 0 Å². The predicted molar refractivity (Wildman–Crippen MR) is 96.1 cm³/mol. The zero-order valence-electron chi connectivity index (χ0n) is 14.5. The molecule has 3 rings (SSSR count). The number of nitrogen functional groups attached to an aromatic ring is 1. The van der Waals surface area contributed by atoms with Crippen LogP contribution in [0.15, 0.2) is 18.2 Å². The quantitative estimate of drug-likeness (QED) is 0.641. The molecule has 1 fully saturated rings. The highest BCUT2D eigenvalue weighted by Gasteiger charge is 2.29. The van der Waals surface area contributed by atoms with Crippen LogP contribution in [-0.4, -0.2) is 11.3 Å². The molecule has 0 saturated heterocycles. The van der Waals surface area contributed by atoms with Crippen LogP contribution in [0, 0.1) is 12.8 Å². The van der Waals surface area contributed by atoms with Gasteiger partial charge in [-0.25, -0.2) is 0 Å². The van der Waals surface area contributed by atoms with Gasteiger partial charge >= 0.3 is 0 Å². The Morgan fingerprint density at radius 2 is 1.96 bits per heavy atom. The van der Waals surface area contributed by atoms with Gasteiger partial charge in [0, 0.05) is 34.5 Å². The maximum absolute atomic E-state index is 12.7. The van der Waals surface area contributed by atoms with Crippen LogP contribution in [-0.2, 0) is 11.2 Å². The van der Waals surface area contributed by atoms with Gasteiger partial charge in [-0.2, -0.15) is 0 Å². The summed E-state index contributed by atoms with van der Waals surface area (Å²) in [6.45, 7) is 6.41. The number of rotatable bonds is 2. The highest BCUT2D eigenvalue weighted by molar-refractivity contribution is 5.98. The van der Waals surface area contributed by atoms with Gasteiger partial charge < -0.3 is 11.1 Å². The largest absolute Gasteiger partial charge is 0.398 e. The van der Waals surface area contributed by atoms with Crippen LogP contribution in [0.2, 0.25) is 0 Å². The maximum Gasteiger partial charge on any atom is 0.160 e. The van der Waals surface area contributed by atoms with Gasteiger partial charge in [0.05, 0.1) is 0 Å². The molecule has 1 aromatic rings. The Bertz CT molecular complexity index is 652. The second-order valence-corrected chi connectivity index (χ2v) is 7.85. The number of hydrogen-bond donors (Lipinski definition) is 2. The topological polar surface area (TPSA) is 55.1 Å². The molecule has 0 amide bonds. The normalized spacial score (nSPS) is 22.5. The monoisotopic (exact) mass is 312 g/mol. The van der Waals surface area contributed by atoms with E-state index in [2.05, 4.69) is 25.2 Å². The van der Waals surface area contributed by atoms with E-state index in [4.69, 9.17) is 5.73 Å². The van der Waals surface area contributed by atoms with E-state index < -0.39 is 0 Å². The Labute approximate surface area is 139 Å². The molecule has 3 heteroatoms. The van der Waals surface area contributed by atoms with Crippen molar-refractivity contribution < 1.29 is 4.79 Å². The minimum atomic E-state index is -0.0474. The van der Waals surface area contributed by atoms with Crippen LogP contribution in [0.4, 0.5) is 5.69 Å². The fourth-order valence-electron chi connectivity index (χ4n) is 3.89. The molecule has 3 nitrogen and oxygen atoms in total. The Morgan fingerprint density at radius 1 is 1.26 bits per heavy atom. The molecule has 0 bridgehead atoms. The summed E-state index contributed by atoms with van der Waals surface area (Å²) in [6.07, 6.45) is 8.49. The summed E-state index contributed by atoms with van der Waals surface area (Å²) in [5, 5.41) is 3.55. The van der Waals surface area contributed by atoms with Crippen molar-refractivity contribution in [2.24, 2.45) is 5.92 Å². The third-order valence-electron chi connectivity index (χ3n) is 5.18. The molecule has 1 aliphatic heterocycles. The molecule has 0 aromatic heterocycles. The molecule has 2 aliphatic rings. The van der Waals surface area contributed by atoms with Crippen molar-refractivity contribution in [3.8, 4) is 0 Å². The van der Waals surface area contributed by atoms with Crippen molar-refractivity contribution in [2.45, 2.75) is 64.8 Å². The van der Waals surface area contributed by atoms with E-state index in [1.165, 1.54) is 24.8 Å². The van der Waals surface area contributed by atoms with Gasteiger partial charge in [0.2, 0.25) is 0 Å². The van der Waals surface area contributed by atoms with Crippen LogP contribution in [0.1, 0.15) is 62.6 Å². The Kier molecular flexibility index (Phi) is 4.22. The van der Waals surface area contributed by atoms with Crippen molar-refractivity contribution in [3.05, 3.63) is 34.9 Å². The van der Waals surface area contributed by atoms with E-state index in [1.807, 2.05) is 19.1 Å². The molecule has 3 N–H and O–H groups in total. The van der Waals surface area contributed by atoms with Gasteiger partial charge in [0.25, 0.3) is 0 Å². The van der Waals surface area contributed by atoms with Gasteiger partial charge in [-0.1, -0.05) is 25.3 Å². The number of ketones is 1. The van der Waals surface area contributed by atoms with Crippen molar-refractivity contribution in [3.63, 3.8) is 0 Å². The van der Waals surface area contributed by atoms with E-state index >= 15 is 0 Å². The average Bonchev–Trinajstić information content (AvgIpc) is 2.49. The molecule has 1 aromatic carbocycles. The van der Waals surface area contributed by atoms with Gasteiger partial charge in [-0.05, 0) is 57.2 Å². The number of nitrogens with one attached hydrogen (secondary N) is 1. The van der Waals surface area contributed by atoms with E-state index in [1.54, 1.807) is 0 Å². The molecule has 124 valence electrons. The smallest absolute Gasteiger partial charge is 0.160 e. The molecular weight excluding hydrogens is 284 g/mol. The zero-order valence-corrected chi connectivity index (χ0v) is 14.5. The van der Waals surface area contributed by atoms with E-state index in [0.717, 1.165) is 41.8 Å². The second kappa shape index (κ2) is 6.03. The summed E-state index contributed by atoms with van der Waals surface area (Å²) in [5.41, 5.74) is 11.3. The summed E-state index contributed by atoms with van der Waals surface area (Å²) in [5.74, 6) is 0.476. The number of anilines is 1. The lowest BCUT2D eigenvalue weighted by Crippen LogP contribution is -2.44. The molecule has 0 radical (unpaired) electrons. The first-order chi connectivity index (χ1) is 10.9. The lowest BCUT2D eigenvalue weighted by atomic mass is 9.82. The van der Waals surface area contributed by atoms with Crippen LogP contribution < -0.4 is 11.1 Å². The average molecular weight is 312 g/mol. The van der Waals surface area contributed by atoms with Crippen molar-refractivity contribution in [1.29, 1.82) is 0 Å². The first-order valence-electron chi connectivity index (χ1n) is 8.79. The number of aryl methyl sites for hydroxylation is 1. The van der Waals surface area contributed by atoms with Crippen molar-refractivity contribution in [1.82, 2.24) is 5.32 Å². The van der Waals surface area contributed by atoms with Crippen LogP contribution >= 0.6 is 0 Å². The van der Waals surface area contributed by atoms with E-state index in [-0.39, 0.29) is 17.2 Å². The van der Waals surface area contributed by atoms with Gasteiger partial charge in [-0.3, -0.25) is 4.79 Å². The Hall–Kier alpha value is -1.77. The number of carbonyl (C=O) groups is 1. The van der Waals surface area contributed by atoms with E-state index in [9.17, 15) is 4.79 Å². The lowest BCUT2D eigenvalue weighted by molar-refractivity contribution is -0.119. The lowest BCUT2D eigenvalue weighted by Gasteiger charge is -2.36. The van der Waals surface area contributed by atoms with Crippen LogP contribution in [0.25, 0.3) is 5.70 Å². The minimum absolute atomic E-state index is 0.0474. The SMILES string of the molecule is Cc1cc2c(cc1N)C(=CC(=O)C1CCCCC1)NC(C)(C)C2. The Balaban J connectivity index is 1.96. The second-order valence-electron chi connectivity index (χ2n) is 7.85. The molecule has 0 atom stereocenters. The van der Waals surface area contributed by atoms with Crippen molar-refractivity contribution >= 4 is 17.2 Å². The number of fused-ring (bicyclic) bond motifs is 1. The summed E-state index contributed by atoms with van der Waals surface area (Å²) in [6, 6.07) is 4.19. The third-order valence-corrected chi connectivity index (χ3v) is 5.18. The first-order valence-corrected chi connectivity index (χ1v) is 8.79. The van der Waals surface area contributed by atoms with Gasteiger partial charge in [0.15, 0.2) is 5.78 Å². The summed E-state index contributed by atoms with van der Waals surface area (Å²) < 4.78 is 0. The number of benzene rings is 1. The van der Waals surface area contributed by atoms with Gasteiger partial charge in [-0.15, -0.1) is 0 Å². The fraction of sp³-hybridized carbons (Fsp3) is 0.550. The fourth-order valence-corrected chi connectivity index (χ4v) is 3.89. The molecule has 0 spiro atoms. The molecule has 23 heavy (non-hydrogen) atoms. The third kappa shape index (κ3) is 3.44. The molecule has 0 unspecified atom stereocenters. The Morgan fingerprint density at radius 3 is 2.65 bits per heavy atom. The number of hydrogen-bond acceptors (Lipinski definition) is 3. The molecular formula is C20H28N2O. The summed E-state index contributed by atoms with van der Waals surface area (Å²) in [7, 11) is 0. The number of allylic oxidation sites excluding steroid dienone is 1. The molecule has 1 aliphatic carbocycles. The standard InChI is InChI=1S/C20H28N2O/c1-13-9-15-12-20(2,3)22-18(16(15)10-17(13)21)11-19(23)14-7-5-4-6-8-14/h9-11,14,22H,4-8,12,21H2,1-3H3. The number of carbonyl (C=O) groups excluding carboxylic acids is 1. The number of nitrogens with two attached hydrogens (primary N) is 1. The predicted octanol–water partition coefficient (Wildman–Crippen LogP) is 3.99. The first kappa shape index (κ1) is 16.1. The highest BCUT2D eigenvalue weighted by atomic mass is 16.1. The summed E-state index contributed by atoms with van der Waals surface area (Å²) >= 11 is 0. The van der Waals surface area contributed by atoms with Crippen LogP contribution in [0.5, 0.6) is 0 Å².